The van der Waals surface area contributed by atoms with Crippen molar-refractivity contribution in [3.63, 3.8) is 0 Å². The van der Waals surface area contributed by atoms with E-state index in [0.717, 1.165) is 0 Å². The third kappa shape index (κ3) is 4.09. The lowest BCUT2D eigenvalue weighted by atomic mass is 10.3. The molecule has 9 heteroatoms. The van der Waals surface area contributed by atoms with Crippen molar-refractivity contribution in [3.8, 4) is 0 Å². The van der Waals surface area contributed by atoms with Crippen LogP contribution in [0.1, 0.15) is 13.3 Å². The second-order valence-corrected chi connectivity index (χ2v) is 6.00. The van der Waals surface area contributed by atoms with Gasteiger partial charge in [0.05, 0.1) is 5.69 Å². The molecule has 0 atom stereocenters. The maximum absolute atomic E-state index is 12.5. The standard InChI is InChI=1S/C11H16F3N3O2S/c1-2-7-17(8-11(12,13)14)20(18,19)10-6-4-3-5-9(10)16-15/h3-6,16H,2,7-8,15H2,1H3. The Hall–Kier alpha value is -1.32. The molecule has 0 saturated heterocycles. The summed E-state index contributed by atoms with van der Waals surface area (Å²) < 4.78 is 62.6. The summed E-state index contributed by atoms with van der Waals surface area (Å²) >= 11 is 0. The number of halogens is 3. The monoisotopic (exact) mass is 311 g/mol. The van der Waals surface area contributed by atoms with Gasteiger partial charge in [-0.25, -0.2) is 8.42 Å². The summed E-state index contributed by atoms with van der Waals surface area (Å²) in [5.41, 5.74) is 2.23. The number of sulfonamides is 1. The van der Waals surface area contributed by atoms with Crippen molar-refractivity contribution in [2.24, 2.45) is 5.84 Å². The summed E-state index contributed by atoms with van der Waals surface area (Å²) in [5, 5.41) is 0. The van der Waals surface area contributed by atoms with Gasteiger partial charge in [-0.1, -0.05) is 19.1 Å². The molecule has 0 heterocycles. The molecule has 5 nitrogen and oxygen atoms in total. The summed E-state index contributed by atoms with van der Waals surface area (Å²) in [4.78, 5) is -0.278. The Labute approximate surface area is 115 Å². The molecule has 0 aliphatic carbocycles. The molecule has 0 radical (unpaired) electrons. The first kappa shape index (κ1) is 16.7. The van der Waals surface area contributed by atoms with Gasteiger partial charge < -0.3 is 5.43 Å². The fraction of sp³-hybridized carbons (Fsp3) is 0.455. The van der Waals surface area contributed by atoms with Gasteiger partial charge in [0.25, 0.3) is 0 Å². The van der Waals surface area contributed by atoms with Crippen LogP contribution in [0.3, 0.4) is 0 Å². The fourth-order valence-electron chi connectivity index (χ4n) is 1.68. The Morgan fingerprint density at radius 2 is 1.90 bits per heavy atom. The Balaban J connectivity index is 3.22. The van der Waals surface area contributed by atoms with Gasteiger partial charge in [0.15, 0.2) is 0 Å². The smallest absolute Gasteiger partial charge is 0.323 e. The second kappa shape index (κ2) is 6.42. The molecule has 0 unspecified atom stereocenters. The number of anilines is 1. The highest BCUT2D eigenvalue weighted by atomic mass is 32.2. The number of nitrogens with one attached hydrogen (secondary N) is 1. The molecule has 0 aliphatic heterocycles. The van der Waals surface area contributed by atoms with Gasteiger partial charge >= 0.3 is 6.18 Å². The zero-order chi connectivity index (χ0) is 15.4. The zero-order valence-electron chi connectivity index (χ0n) is 10.8. The normalized spacial score (nSPS) is 12.7. The van der Waals surface area contributed by atoms with Crippen molar-refractivity contribution in [2.75, 3.05) is 18.5 Å². The Morgan fingerprint density at radius 1 is 1.30 bits per heavy atom. The number of hydrogen-bond acceptors (Lipinski definition) is 4. The average Bonchev–Trinajstić information content (AvgIpc) is 2.36. The molecule has 0 saturated carbocycles. The van der Waals surface area contributed by atoms with E-state index < -0.39 is 22.7 Å². The number of hydrazine groups is 1. The van der Waals surface area contributed by atoms with Crippen LogP contribution in [0.2, 0.25) is 0 Å². The summed E-state index contributed by atoms with van der Waals surface area (Å²) in [6.45, 7) is -0.144. The topological polar surface area (TPSA) is 75.4 Å². The third-order valence-electron chi connectivity index (χ3n) is 2.49. The first-order valence-corrected chi connectivity index (χ1v) is 7.29. The first-order valence-electron chi connectivity index (χ1n) is 5.85. The Morgan fingerprint density at radius 3 is 2.40 bits per heavy atom. The maximum atomic E-state index is 12.5. The van der Waals surface area contributed by atoms with Gasteiger partial charge in [0.2, 0.25) is 10.0 Å². The largest absolute Gasteiger partial charge is 0.402 e. The van der Waals surface area contributed by atoms with E-state index in [0.29, 0.717) is 4.31 Å². The van der Waals surface area contributed by atoms with Crippen LogP contribution in [-0.2, 0) is 10.0 Å². The zero-order valence-corrected chi connectivity index (χ0v) is 11.6. The number of alkyl halides is 3. The van der Waals surface area contributed by atoms with Gasteiger partial charge in [-0.2, -0.15) is 17.5 Å². The number of nitrogen functional groups attached to an aromatic ring is 1. The quantitative estimate of drug-likeness (QED) is 0.622. The van der Waals surface area contributed by atoms with Crippen LogP contribution < -0.4 is 11.3 Å². The summed E-state index contributed by atoms with van der Waals surface area (Å²) in [6.07, 6.45) is -4.33. The lowest BCUT2D eigenvalue weighted by molar-refractivity contribution is -0.136. The van der Waals surface area contributed by atoms with Gasteiger partial charge in [0.1, 0.15) is 11.4 Å². The summed E-state index contributed by atoms with van der Waals surface area (Å²) in [5.74, 6) is 5.19. The highest BCUT2D eigenvalue weighted by molar-refractivity contribution is 7.89. The Kier molecular flexibility index (Phi) is 5.37. The molecule has 1 aromatic carbocycles. The molecule has 1 rings (SSSR count). The molecule has 0 aromatic heterocycles. The maximum Gasteiger partial charge on any atom is 0.402 e. The minimum absolute atomic E-state index is 0.0516. The molecule has 3 N–H and O–H groups in total. The minimum atomic E-state index is -4.60. The summed E-state index contributed by atoms with van der Waals surface area (Å²) in [7, 11) is -4.27. The highest BCUT2D eigenvalue weighted by Crippen LogP contribution is 2.27. The third-order valence-corrected chi connectivity index (χ3v) is 4.39. The molecule has 0 fully saturated rings. The van der Waals surface area contributed by atoms with Gasteiger partial charge in [-0.15, -0.1) is 0 Å². The Bertz CT molecular complexity index is 546. The van der Waals surface area contributed by atoms with Crippen LogP contribution in [0.5, 0.6) is 0 Å². The van der Waals surface area contributed by atoms with Gasteiger partial charge in [-0.3, -0.25) is 5.84 Å². The number of nitrogens with zero attached hydrogens (tertiary/aromatic N) is 1. The molecule has 1 aromatic rings. The minimum Gasteiger partial charge on any atom is -0.323 e. The second-order valence-electron chi connectivity index (χ2n) is 4.09. The van der Waals surface area contributed by atoms with Gasteiger partial charge in [0, 0.05) is 6.54 Å². The molecule has 114 valence electrons. The van der Waals surface area contributed by atoms with Crippen LogP contribution >= 0.6 is 0 Å². The van der Waals surface area contributed by atoms with Crippen LogP contribution in [0.25, 0.3) is 0 Å². The predicted molar refractivity (Wildman–Crippen MR) is 69.4 cm³/mol. The van der Waals surface area contributed by atoms with Gasteiger partial charge in [-0.05, 0) is 18.6 Å². The van der Waals surface area contributed by atoms with Crippen LogP contribution in [-0.4, -0.2) is 32.0 Å². The van der Waals surface area contributed by atoms with Crippen LogP contribution in [0.4, 0.5) is 18.9 Å². The van der Waals surface area contributed by atoms with E-state index in [-0.39, 0.29) is 23.5 Å². The van der Waals surface area contributed by atoms with Crippen molar-refractivity contribution in [1.29, 1.82) is 0 Å². The number of nitrogens with two attached hydrogens (primary N) is 1. The number of benzene rings is 1. The molecule has 0 spiro atoms. The van der Waals surface area contributed by atoms with Crippen molar-refractivity contribution in [2.45, 2.75) is 24.4 Å². The lowest BCUT2D eigenvalue weighted by Crippen LogP contribution is -2.39. The van der Waals surface area contributed by atoms with E-state index >= 15 is 0 Å². The van der Waals surface area contributed by atoms with Crippen LogP contribution in [0, 0.1) is 0 Å². The SMILES string of the molecule is CCCN(CC(F)(F)F)S(=O)(=O)c1ccccc1NN. The van der Waals surface area contributed by atoms with E-state index in [4.69, 9.17) is 5.84 Å². The lowest BCUT2D eigenvalue weighted by Gasteiger charge is -2.23. The predicted octanol–water partition coefficient (Wildman–Crippen LogP) is 1.94. The van der Waals surface area contributed by atoms with Crippen molar-refractivity contribution < 1.29 is 21.6 Å². The van der Waals surface area contributed by atoms with E-state index in [2.05, 4.69) is 5.43 Å². The van der Waals surface area contributed by atoms with E-state index in [1.807, 2.05) is 0 Å². The average molecular weight is 311 g/mol. The highest BCUT2D eigenvalue weighted by Gasteiger charge is 2.37. The fourth-order valence-corrected chi connectivity index (χ4v) is 3.36. The molecule has 20 heavy (non-hydrogen) atoms. The van der Waals surface area contributed by atoms with E-state index in [1.165, 1.54) is 24.3 Å². The molecule has 0 aliphatic rings. The van der Waals surface area contributed by atoms with Crippen molar-refractivity contribution in [3.05, 3.63) is 24.3 Å². The molecular formula is C11H16F3N3O2S. The first-order chi connectivity index (χ1) is 9.22. The molecule has 0 amide bonds. The van der Waals surface area contributed by atoms with Crippen LogP contribution in [0.15, 0.2) is 29.2 Å². The van der Waals surface area contributed by atoms with Crippen molar-refractivity contribution >= 4 is 15.7 Å². The number of hydrogen-bond donors (Lipinski definition) is 2. The van der Waals surface area contributed by atoms with E-state index in [9.17, 15) is 21.6 Å². The summed E-state index contributed by atoms with van der Waals surface area (Å²) in [6, 6.07) is 5.54. The molecular weight excluding hydrogens is 295 g/mol. The number of para-hydroxylation sites is 1. The van der Waals surface area contributed by atoms with E-state index in [1.54, 1.807) is 6.92 Å². The van der Waals surface area contributed by atoms with Crippen molar-refractivity contribution in [1.82, 2.24) is 4.31 Å². The molecule has 0 bridgehead atoms. The number of rotatable bonds is 6.